The van der Waals surface area contributed by atoms with Crippen molar-refractivity contribution in [2.24, 2.45) is 0 Å². The first-order chi connectivity index (χ1) is 19.5. The van der Waals surface area contributed by atoms with Gasteiger partial charge in [0, 0.05) is 52.4 Å². The van der Waals surface area contributed by atoms with Crippen molar-refractivity contribution in [1.29, 1.82) is 0 Å². The van der Waals surface area contributed by atoms with E-state index in [1.54, 1.807) is 37.5 Å². The number of hydrogen-bond donors (Lipinski definition) is 1. The molecule has 2 heterocycles. The van der Waals surface area contributed by atoms with Gasteiger partial charge in [0.25, 0.3) is 0 Å². The third-order valence-electron chi connectivity index (χ3n) is 6.03. The van der Waals surface area contributed by atoms with Gasteiger partial charge in [-0.25, -0.2) is 9.59 Å². The van der Waals surface area contributed by atoms with E-state index in [9.17, 15) is 19.2 Å². The molecule has 0 saturated carbocycles. The molecule has 2 saturated heterocycles. The van der Waals surface area contributed by atoms with E-state index in [4.69, 9.17) is 18.9 Å². The normalized spacial score (nSPS) is 16.5. The second kappa shape index (κ2) is 18.0. The van der Waals surface area contributed by atoms with Crippen molar-refractivity contribution >= 4 is 40.1 Å². The fraction of sp³-hybridized carbons (Fsp3) is 0.867. The Bertz CT molecular complexity index is 880. The molecule has 0 radical (unpaired) electrons. The lowest BCUT2D eigenvalue weighted by Crippen LogP contribution is -2.59. The molecule has 13 heteroatoms. The summed E-state index contributed by atoms with van der Waals surface area (Å²) in [6.07, 6.45) is -0.495. The van der Waals surface area contributed by atoms with Crippen LogP contribution in [-0.2, 0) is 28.5 Å². The van der Waals surface area contributed by atoms with Gasteiger partial charge in [0.05, 0.1) is 13.2 Å². The van der Waals surface area contributed by atoms with Gasteiger partial charge in [0.1, 0.15) is 21.1 Å². The second-order valence-corrected chi connectivity index (χ2v) is 15.1. The lowest BCUT2D eigenvalue weighted by molar-refractivity contribution is -0.156. The van der Waals surface area contributed by atoms with Crippen molar-refractivity contribution in [3.05, 3.63) is 0 Å². The van der Waals surface area contributed by atoms with Crippen molar-refractivity contribution in [1.82, 2.24) is 20.0 Å². The maximum atomic E-state index is 12.0. The average molecular weight is 682 g/mol. The van der Waals surface area contributed by atoms with E-state index in [0.29, 0.717) is 39.4 Å². The van der Waals surface area contributed by atoms with Gasteiger partial charge in [0.15, 0.2) is 0 Å². The molecule has 0 atom stereocenters. The van der Waals surface area contributed by atoms with Crippen LogP contribution in [0.1, 0.15) is 83.1 Å². The summed E-state index contributed by atoms with van der Waals surface area (Å²) in [5, 5.41) is 3.18. The number of nitrogens with one attached hydrogen (secondary N) is 1. The maximum absolute atomic E-state index is 12.0. The Morgan fingerprint density at radius 2 is 1.00 bits per heavy atom. The summed E-state index contributed by atoms with van der Waals surface area (Å²) in [6, 6.07) is 0. The number of alkyl halides is 1. The number of rotatable bonds is 5. The van der Waals surface area contributed by atoms with Gasteiger partial charge in [-0.05, 0) is 83.1 Å². The SMILES string of the molecule is CC(C)(C)OC(=O)N1CCNCC1.CCOC(=O)C(C)(C)Br.CCOC(=O)C(C)(C)N1CCN(C(=O)OC(C)(C)C)CC1. The minimum atomic E-state index is -0.671. The lowest BCUT2D eigenvalue weighted by Gasteiger charge is -2.42. The van der Waals surface area contributed by atoms with E-state index < -0.39 is 15.5 Å². The van der Waals surface area contributed by atoms with Crippen molar-refractivity contribution < 1.29 is 38.1 Å². The first-order valence-corrected chi connectivity index (χ1v) is 15.8. The summed E-state index contributed by atoms with van der Waals surface area (Å²) in [5.74, 6) is -0.444. The predicted molar refractivity (Wildman–Crippen MR) is 170 cm³/mol. The number of carbonyl (C=O) groups excluding carboxylic acids is 4. The van der Waals surface area contributed by atoms with Gasteiger partial charge in [0.2, 0.25) is 0 Å². The van der Waals surface area contributed by atoms with Crippen LogP contribution in [0.25, 0.3) is 0 Å². The Hall–Kier alpha value is -2.12. The number of ether oxygens (including phenoxy) is 4. The largest absolute Gasteiger partial charge is 0.465 e. The van der Waals surface area contributed by atoms with E-state index in [0.717, 1.165) is 26.2 Å². The van der Waals surface area contributed by atoms with Crippen LogP contribution >= 0.6 is 15.9 Å². The number of carbonyl (C=O) groups is 4. The highest BCUT2D eigenvalue weighted by molar-refractivity contribution is 9.10. The number of nitrogens with zero attached hydrogens (tertiary/aromatic N) is 3. The standard InChI is InChI=1S/C15H28N2O4.C9H18N2O2.C6H11BrO2/c1-7-20-12(18)15(5,6)17-10-8-16(9-11-17)13(19)21-14(2,3)4;1-9(2,3)13-8(12)11-6-4-10-5-7-11;1-4-9-5(8)6(2,3)7/h7-11H2,1-6H3;10H,4-7H2,1-3H3;4H2,1-3H3. The number of amides is 2. The maximum Gasteiger partial charge on any atom is 0.410 e. The number of halogens is 1. The number of esters is 2. The molecule has 2 aliphatic heterocycles. The van der Waals surface area contributed by atoms with Crippen molar-refractivity contribution in [3.8, 4) is 0 Å². The van der Waals surface area contributed by atoms with Crippen LogP contribution in [0.2, 0.25) is 0 Å². The summed E-state index contributed by atoms with van der Waals surface area (Å²) in [7, 11) is 0. The molecular formula is C30H57BrN4O8. The predicted octanol–water partition coefficient (Wildman–Crippen LogP) is 4.43. The van der Waals surface area contributed by atoms with Crippen molar-refractivity contribution in [2.75, 3.05) is 65.6 Å². The van der Waals surface area contributed by atoms with E-state index >= 15 is 0 Å². The summed E-state index contributed by atoms with van der Waals surface area (Å²) >= 11 is 3.17. The summed E-state index contributed by atoms with van der Waals surface area (Å²) in [5.41, 5.74) is -1.55. The van der Waals surface area contributed by atoms with E-state index in [2.05, 4.69) is 21.2 Å². The highest BCUT2D eigenvalue weighted by Gasteiger charge is 2.39. The van der Waals surface area contributed by atoms with Crippen LogP contribution < -0.4 is 5.32 Å². The van der Waals surface area contributed by atoms with Gasteiger partial charge in [-0.1, -0.05) is 15.9 Å². The van der Waals surface area contributed by atoms with E-state index in [-0.39, 0.29) is 29.7 Å². The molecule has 2 fully saturated rings. The van der Waals surface area contributed by atoms with Crippen LogP contribution in [0.3, 0.4) is 0 Å². The molecule has 0 aromatic carbocycles. The molecule has 0 aliphatic carbocycles. The zero-order valence-electron chi connectivity index (χ0n) is 28.6. The Kier molecular flexibility index (Phi) is 17.1. The lowest BCUT2D eigenvalue weighted by atomic mass is 10.0. The molecule has 2 aliphatic rings. The van der Waals surface area contributed by atoms with Crippen LogP contribution in [0.15, 0.2) is 0 Å². The Balaban J connectivity index is 0.000000682. The van der Waals surface area contributed by atoms with Crippen molar-refractivity contribution in [3.63, 3.8) is 0 Å². The summed E-state index contributed by atoms with van der Waals surface area (Å²) < 4.78 is 19.9. The molecule has 43 heavy (non-hydrogen) atoms. The number of piperazine rings is 2. The quantitative estimate of drug-likeness (QED) is 0.253. The average Bonchev–Trinajstić information content (AvgIpc) is 2.88. The molecule has 0 aromatic rings. The van der Waals surface area contributed by atoms with E-state index in [1.807, 2.05) is 60.3 Å². The van der Waals surface area contributed by atoms with Crippen LogP contribution in [0.5, 0.6) is 0 Å². The molecule has 12 nitrogen and oxygen atoms in total. The molecule has 1 N–H and O–H groups in total. The molecule has 0 spiro atoms. The van der Waals surface area contributed by atoms with Gasteiger partial charge >= 0.3 is 24.1 Å². The summed E-state index contributed by atoms with van der Waals surface area (Å²) in [4.78, 5) is 51.8. The molecule has 0 aromatic heterocycles. The fourth-order valence-corrected chi connectivity index (χ4v) is 3.80. The Morgan fingerprint density at radius 1 is 0.628 bits per heavy atom. The topological polar surface area (TPSA) is 127 Å². The molecule has 2 rings (SSSR count). The zero-order chi connectivity index (χ0) is 33.6. The number of hydrogen-bond acceptors (Lipinski definition) is 10. The minimum Gasteiger partial charge on any atom is -0.465 e. The van der Waals surface area contributed by atoms with Gasteiger partial charge < -0.3 is 34.1 Å². The van der Waals surface area contributed by atoms with Crippen LogP contribution in [0.4, 0.5) is 9.59 Å². The third-order valence-corrected chi connectivity index (χ3v) is 6.35. The van der Waals surface area contributed by atoms with Crippen LogP contribution in [0, 0.1) is 0 Å². The fourth-order valence-electron chi connectivity index (χ4n) is 3.69. The Morgan fingerprint density at radius 3 is 1.33 bits per heavy atom. The third kappa shape index (κ3) is 17.1. The molecule has 252 valence electrons. The second-order valence-electron chi connectivity index (χ2n) is 13.1. The smallest absolute Gasteiger partial charge is 0.410 e. The van der Waals surface area contributed by atoms with Gasteiger partial charge in [-0.2, -0.15) is 0 Å². The molecular weight excluding hydrogens is 624 g/mol. The monoisotopic (exact) mass is 680 g/mol. The van der Waals surface area contributed by atoms with Crippen LogP contribution in [-0.4, -0.2) is 125 Å². The van der Waals surface area contributed by atoms with Crippen molar-refractivity contribution in [2.45, 2.75) is 104 Å². The molecule has 2 amide bonds. The highest BCUT2D eigenvalue weighted by Crippen LogP contribution is 2.20. The molecule has 0 unspecified atom stereocenters. The summed E-state index contributed by atoms with van der Waals surface area (Å²) in [6.45, 7) is 28.4. The first-order valence-electron chi connectivity index (χ1n) is 15.0. The zero-order valence-corrected chi connectivity index (χ0v) is 30.1. The van der Waals surface area contributed by atoms with Gasteiger partial charge in [-0.15, -0.1) is 0 Å². The molecule has 0 bridgehead atoms. The van der Waals surface area contributed by atoms with E-state index in [1.165, 1.54) is 0 Å². The highest BCUT2D eigenvalue weighted by atomic mass is 79.9. The van der Waals surface area contributed by atoms with Gasteiger partial charge in [-0.3, -0.25) is 14.5 Å². The minimum absolute atomic E-state index is 0.200. The first kappa shape index (κ1) is 40.9. The Labute approximate surface area is 267 Å².